The number of carbonyl (C=O) groups excluding carboxylic acids is 2. The number of carbonyl (C=O) groups is 2. The van der Waals surface area contributed by atoms with Crippen LogP contribution in [0.2, 0.25) is 0 Å². The van der Waals surface area contributed by atoms with Crippen LogP contribution >= 0.6 is 0 Å². The van der Waals surface area contributed by atoms with Gasteiger partial charge in [0.1, 0.15) is 5.82 Å². The molecule has 0 unspecified atom stereocenters. The predicted molar refractivity (Wildman–Crippen MR) is 138 cm³/mol. The number of fused-ring (bicyclic) bond motifs is 1. The van der Waals surface area contributed by atoms with Gasteiger partial charge < -0.3 is 26.3 Å². The minimum absolute atomic E-state index is 0.213. The molecule has 11 heteroatoms. The number of alkyl halides is 3. The van der Waals surface area contributed by atoms with Crippen molar-refractivity contribution in [2.24, 2.45) is 0 Å². The van der Waals surface area contributed by atoms with Crippen LogP contribution < -0.4 is 21.3 Å². The van der Waals surface area contributed by atoms with Crippen molar-refractivity contribution in [3.05, 3.63) is 102 Å². The van der Waals surface area contributed by atoms with Crippen LogP contribution in [-0.4, -0.2) is 16.9 Å². The molecule has 0 fully saturated rings. The summed E-state index contributed by atoms with van der Waals surface area (Å²) in [5.74, 6) is -1.64. The van der Waals surface area contributed by atoms with Crippen LogP contribution in [0.5, 0.6) is 0 Å². The molecule has 0 saturated carbocycles. The normalized spacial score (nSPS) is 13.7. The predicted octanol–water partition coefficient (Wildman–Crippen LogP) is 7.05. The summed E-state index contributed by atoms with van der Waals surface area (Å²) < 4.78 is 52.3. The highest BCUT2D eigenvalue weighted by Gasteiger charge is 2.34. The molecule has 5 N–H and O–H groups in total. The quantitative estimate of drug-likeness (QED) is 0.144. The fourth-order valence-electron chi connectivity index (χ4n) is 3.96. The maximum atomic E-state index is 13.5. The Hall–Kier alpha value is -5.06. The second kappa shape index (κ2) is 9.77. The number of hydrogen-bond acceptors (Lipinski definition) is 3. The summed E-state index contributed by atoms with van der Waals surface area (Å²) in [5, 5.41) is 10.8. The highest BCUT2D eigenvalue weighted by atomic mass is 19.4. The van der Waals surface area contributed by atoms with E-state index in [0.717, 1.165) is 17.3 Å². The third-order valence-corrected chi connectivity index (χ3v) is 5.66. The molecule has 4 aromatic rings. The zero-order chi connectivity index (χ0) is 26.9. The molecule has 0 radical (unpaired) electrons. The Kier molecular flexibility index (Phi) is 6.33. The van der Waals surface area contributed by atoms with E-state index in [1.807, 2.05) is 18.2 Å². The summed E-state index contributed by atoms with van der Waals surface area (Å²) in [6.45, 7) is 0. The summed E-state index contributed by atoms with van der Waals surface area (Å²) >= 11 is 0. The molecule has 5 rings (SSSR count). The second-order valence-corrected chi connectivity index (χ2v) is 8.38. The summed E-state index contributed by atoms with van der Waals surface area (Å²) in [7, 11) is 0. The Morgan fingerprint density at radius 1 is 0.842 bits per heavy atom. The molecule has 1 aliphatic rings. The van der Waals surface area contributed by atoms with Crippen molar-refractivity contribution in [1.29, 1.82) is 0 Å². The van der Waals surface area contributed by atoms with E-state index in [4.69, 9.17) is 0 Å². The van der Waals surface area contributed by atoms with Gasteiger partial charge in [-0.25, -0.2) is 9.18 Å². The molecule has 1 aliphatic heterocycles. The lowest BCUT2D eigenvalue weighted by molar-refractivity contribution is -0.139. The number of halogens is 4. The Bertz CT molecular complexity index is 1560. The lowest BCUT2D eigenvalue weighted by Gasteiger charge is -2.13. The Morgan fingerprint density at radius 2 is 1.55 bits per heavy atom. The van der Waals surface area contributed by atoms with Crippen LogP contribution in [0.1, 0.15) is 16.8 Å². The first-order chi connectivity index (χ1) is 18.2. The van der Waals surface area contributed by atoms with E-state index in [9.17, 15) is 27.2 Å². The number of nitrogens with one attached hydrogen (secondary N) is 5. The van der Waals surface area contributed by atoms with Gasteiger partial charge in [-0.3, -0.25) is 4.79 Å². The number of hydrogen-bond donors (Lipinski definition) is 5. The standard InChI is InChI=1S/C27H19F4N5O2/c28-23-9-7-18(13-22(23)27(29,30)31)35-26(38)34-17-4-1-3-16(11-17)33-19-6-8-20-21(12-15-5-2-10-32-15)25(37)36-24(20)14-19/h1-14,32-33H,(H,36,37)(H2,34,35,38)/b21-12+. The maximum Gasteiger partial charge on any atom is 0.419 e. The smallest absolute Gasteiger partial charge is 0.362 e. The third-order valence-electron chi connectivity index (χ3n) is 5.66. The van der Waals surface area contributed by atoms with Crippen molar-refractivity contribution in [2.45, 2.75) is 6.18 Å². The number of rotatable bonds is 5. The van der Waals surface area contributed by atoms with E-state index in [1.165, 1.54) is 0 Å². The average molecular weight is 521 g/mol. The highest BCUT2D eigenvalue weighted by Crippen LogP contribution is 2.36. The molecular weight excluding hydrogens is 502 g/mol. The molecule has 1 aromatic heterocycles. The van der Waals surface area contributed by atoms with Crippen LogP contribution in [0.15, 0.2) is 79.0 Å². The van der Waals surface area contributed by atoms with E-state index < -0.39 is 23.6 Å². The van der Waals surface area contributed by atoms with Crippen LogP contribution in [-0.2, 0) is 11.0 Å². The molecule has 192 valence electrons. The van der Waals surface area contributed by atoms with Gasteiger partial charge in [0.25, 0.3) is 5.91 Å². The Labute approximate surface area is 213 Å². The van der Waals surface area contributed by atoms with Gasteiger partial charge in [0.2, 0.25) is 0 Å². The number of aromatic nitrogens is 1. The molecule has 0 aliphatic carbocycles. The van der Waals surface area contributed by atoms with Crippen molar-refractivity contribution >= 4 is 52.0 Å². The minimum atomic E-state index is -4.89. The number of benzene rings is 3. The van der Waals surface area contributed by atoms with Gasteiger partial charge >= 0.3 is 12.2 Å². The van der Waals surface area contributed by atoms with Crippen LogP contribution in [0, 0.1) is 5.82 Å². The van der Waals surface area contributed by atoms with Crippen LogP contribution in [0.4, 0.5) is 50.8 Å². The number of H-pyrrole nitrogens is 1. The summed E-state index contributed by atoms with van der Waals surface area (Å²) in [6, 6.07) is 17.1. The van der Waals surface area contributed by atoms with Crippen molar-refractivity contribution in [3.8, 4) is 0 Å². The fraction of sp³-hybridized carbons (Fsp3) is 0.0370. The van der Waals surface area contributed by atoms with Gasteiger partial charge in [-0.15, -0.1) is 0 Å². The molecule has 0 atom stereocenters. The monoisotopic (exact) mass is 521 g/mol. The van der Waals surface area contributed by atoms with Crippen LogP contribution in [0.3, 0.4) is 0 Å². The van der Waals surface area contributed by atoms with Crippen molar-refractivity contribution in [2.75, 3.05) is 21.3 Å². The first kappa shape index (κ1) is 24.6. The Balaban J connectivity index is 1.27. The molecular formula is C27H19F4N5O2. The second-order valence-electron chi connectivity index (χ2n) is 8.38. The van der Waals surface area contributed by atoms with Gasteiger partial charge in [0, 0.05) is 40.2 Å². The Morgan fingerprint density at radius 3 is 2.29 bits per heavy atom. The number of urea groups is 1. The summed E-state index contributed by atoms with van der Waals surface area (Å²) in [6.07, 6.45) is -1.35. The SMILES string of the molecule is O=C(Nc1cccc(Nc2ccc3c(c2)NC(=O)/C3=C/c2ccc[nH]2)c1)Nc1ccc(F)c(C(F)(F)F)c1. The molecule has 0 saturated heterocycles. The van der Waals surface area contributed by atoms with E-state index in [0.29, 0.717) is 40.5 Å². The number of anilines is 5. The molecule has 38 heavy (non-hydrogen) atoms. The van der Waals surface area contributed by atoms with Crippen LogP contribution in [0.25, 0.3) is 11.6 Å². The summed E-state index contributed by atoms with van der Waals surface area (Å²) in [4.78, 5) is 27.8. The highest BCUT2D eigenvalue weighted by molar-refractivity contribution is 6.35. The van der Waals surface area contributed by atoms with Crippen molar-refractivity contribution in [3.63, 3.8) is 0 Å². The molecule has 0 bridgehead atoms. The molecule has 3 amide bonds. The number of amides is 3. The van der Waals surface area contributed by atoms with Gasteiger partial charge in [-0.2, -0.15) is 13.2 Å². The zero-order valence-corrected chi connectivity index (χ0v) is 19.4. The third kappa shape index (κ3) is 5.36. The van der Waals surface area contributed by atoms with E-state index in [2.05, 4.69) is 26.3 Å². The van der Waals surface area contributed by atoms with Crippen molar-refractivity contribution < 1.29 is 27.2 Å². The van der Waals surface area contributed by atoms with Gasteiger partial charge in [-0.05, 0) is 66.7 Å². The van der Waals surface area contributed by atoms with E-state index in [-0.39, 0.29) is 11.6 Å². The zero-order valence-electron chi connectivity index (χ0n) is 19.4. The first-order valence-electron chi connectivity index (χ1n) is 11.3. The minimum Gasteiger partial charge on any atom is -0.362 e. The fourth-order valence-corrected chi connectivity index (χ4v) is 3.96. The topological polar surface area (TPSA) is 98.1 Å². The van der Waals surface area contributed by atoms with Gasteiger partial charge in [0.05, 0.1) is 16.8 Å². The van der Waals surface area contributed by atoms with Gasteiger partial charge in [0.15, 0.2) is 0 Å². The van der Waals surface area contributed by atoms with Gasteiger partial charge in [-0.1, -0.05) is 12.1 Å². The van der Waals surface area contributed by atoms with E-state index in [1.54, 1.807) is 48.7 Å². The number of aromatic amines is 1. The van der Waals surface area contributed by atoms with Crippen molar-refractivity contribution in [1.82, 2.24) is 4.98 Å². The molecule has 0 spiro atoms. The maximum absolute atomic E-state index is 13.5. The average Bonchev–Trinajstić information content (AvgIpc) is 3.47. The van der Waals surface area contributed by atoms with E-state index >= 15 is 0 Å². The molecule has 7 nitrogen and oxygen atoms in total. The summed E-state index contributed by atoms with van der Waals surface area (Å²) in [5.41, 5.74) is 2.70. The lowest BCUT2D eigenvalue weighted by atomic mass is 10.1. The molecule has 2 heterocycles. The largest absolute Gasteiger partial charge is 0.419 e. The molecule has 3 aromatic carbocycles. The lowest BCUT2D eigenvalue weighted by Crippen LogP contribution is -2.20. The first-order valence-corrected chi connectivity index (χ1v) is 11.3.